The van der Waals surface area contributed by atoms with Gasteiger partial charge < -0.3 is 19.1 Å². The molecule has 210 valence electrons. The van der Waals surface area contributed by atoms with Crippen LogP contribution in [0.4, 0.5) is 18.9 Å². The van der Waals surface area contributed by atoms with Crippen molar-refractivity contribution < 1.29 is 37.0 Å². The number of rotatable bonds is 9. The van der Waals surface area contributed by atoms with Gasteiger partial charge in [-0.15, -0.1) is 24.9 Å². The molecule has 0 aromatic heterocycles. The molecule has 0 atom stereocenters. The molecule has 1 amide bonds. The third-order valence-corrected chi connectivity index (χ3v) is 8.08. The SMILES string of the molecule is CCOC(=O)COc1ccc(SCc2cccc3c2CN(c2ccc(OC(F)(F)F)cc2)C3=O)c2c1CCCC2. The maximum Gasteiger partial charge on any atom is 0.573 e. The van der Waals surface area contributed by atoms with Gasteiger partial charge in [0.2, 0.25) is 0 Å². The number of carbonyl (C=O) groups excluding carboxylic acids is 2. The summed E-state index contributed by atoms with van der Waals surface area (Å²) >= 11 is 1.70. The molecule has 0 bridgehead atoms. The molecule has 0 saturated carbocycles. The smallest absolute Gasteiger partial charge is 0.482 e. The van der Waals surface area contributed by atoms with Crippen LogP contribution in [0.5, 0.6) is 11.5 Å². The molecular weight excluding hydrogens is 543 g/mol. The number of nitrogens with zero attached hydrogens (tertiary/aromatic N) is 1. The van der Waals surface area contributed by atoms with E-state index in [1.54, 1.807) is 29.7 Å². The Balaban J connectivity index is 1.31. The normalized spacial score (nSPS) is 14.5. The van der Waals surface area contributed by atoms with Gasteiger partial charge in [0.25, 0.3) is 5.91 Å². The zero-order valence-electron chi connectivity index (χ0n) is 21.9. The minimum Gasteiger partial charge on any atom is -0.482 e. The van der Waals surface area contributed by atoms with E-state index >= 15 is 0 Å². The lowest BCUT2D eigenvalue weighted by molar-refractivity contribution is -0.274. The van der Waals surface area contributed by atoms with Crippen LogP contribution in [0.3, 0.4) is 0 Å². The van der Waals surface area contributed by atoms with Crippen LogP contribution in [0.1, 0.15) is 52.4 Å². The molecule has 3 aromatic rings. The van der Waals surface area contributed by atoms with Gasteiger partial charge in [0, 0.05) is 21.9 Å². The predicted octanol–water partition coefficient (Wildman–Crippen LogP) is 6.86. The number of carbonyl (C=O) groups is 2. The fraction of sp³-hybridized carbons (Fsp3) is 0.333. The third-order valence-electron chi connectivity index (χ3n) is 6.93. The Morgan fingerprint density at radius 1 is 0.975 bits per heavy atom. The van der Waals surface area contributed by atoms with Crippen LogP contribution in [0.15, 0.2) is 59.5 Å². The van der Waals surface area contributed by atoms with E-state index in [1.807, 2.05) is 24.3 Å². The summed E-state index contributed by atoms with van der Waals surface area (Å²) in [6.07, 6.45) is -0.813. The van der Waals surface area contributed by atoms with Crippen LogP contribution in [0.2, 0.25) is 0 Å². The van der Waals surface area contributed by atoms with Crippen molar-refractivity contribution in [2.24, 2.45) is 0 Å². The molecule has 3 aromatic carbocycles. The summed E-state index contributed by atoms with van der Waals surface area (Å²) < 4.78 is 52.3. The van der Waals surface area contributed by atoms with Gasteiger partial charge in [-0.3, -0.25) is 4.79 Å². The lowest BCUT2D eigenvalue weighted by Gasteiger charge is -2.22. The first-order chi connectivity index (χ1) is 19.2. The molecular formula is C30H28F3NO5S. The average Bonchev–Trinajstić information content (AvgIpc) is 3.27. The third kappa shape index (κ3) is 6.22. The van der Waals surface area contributed by atoms with Gasteiger partial charge in [-0.25, -0.2) is 4.79 Å². The largest absolute Gasteiger partial charge is 0.573 e. The van der Waals surface area contributed by atoms with Crippen molar-refractivity contribution in [1.29, 1.82) is 0 Å². The molecule has 0 N–H and O–H groups in total. The Hall–Kier alpha value is -3.66. The van der Waals surface area contributed by atoms with Crippen molar-refractivity contribution >= 4 is 29.3 Å². The maximum absolute atomic E-state index is 13.2. The van der Waals surface area contributed by atoms with E-state index < -0.39 is 12.3 Å². The number of halogens is 3. The Morgan fingerprint density at radius 2 is 1.73 bits per heavy atom. The highest BCUT2D eigenvalue weighted by Crippen LogP contribution is 2.39. The number of hydrogen-bond acceptors (Lipinski definition) is 6. The van der Waals surface area contributed by atoms with Crippen LogP contribution in [-0.2, 0) is 34.7 Å². The van der Waals surface area contributed by atoms with E-state index in [-0.39, 0.29) is 18.3 Å². The van der Waals surface area contributed by atoms with Crippen molar-refractivity contribution in [3.8, 4) is 11.5 Å². The zero-order chi connectivity index (χ0) is 28.3. The lowest BCUT2D eigenvalue weighted by atomic mass is 9.91. The quantitative estimate of drug-likeness (QED) is 0.207. The first kappa shape index (κ1) is 27.9. The predicted molar refractivity (Wildman–Crippen MR) is 145 cm³/mol. The van der Waals surface area contributed by atoms with Crippen LogP contribution < -0.4 is 14.4 Å². The number of fused-ring (bicyclic) bond motifs is 2. The summed E-state index contributed by atoms with van der Waals surface area (Å²) in [5.74, 6) is 0.459. The molecule has 0 saturated heterocycles. The van der Waals surface area contributed by atoms with Crippen molar-refractivity contribution in [2.45, 2.75) is 56.2 Å². The standard InChI is InChI=1S/C30H28F3NO5S/c1-2-37-28(35)17-38-26-14-15-27(23-8-4-3-7-22(23)26)40-18-19-6-5-9-24-25(19)16-34(29(24)36)20-10-12-21(13-11-20)39-30(31,32)33/h5-6,9-15H,2-4,7-8,16-18H2,1H3. The zero-order valence-corrected chi connectivity index (χ0v) is 22.7. The fourth-order valence-corrected chi connectivity index (χ4v) is 6.28. The van der Waals surface area contributed by atoms with E-state index in [2.05, 4.69) is 4.74 Å². The fourth-order valence-electron chi connectivity index (χ4n) is 5.14. The summed E-state index contributed by atoms with van der Waals surface area (Å²) in [7, 11) is 0. The number of ether oxygens (including phenoxy) is 3. The molecule has 40 heavy (non-hydrogen) atoms. The molecule has 0 unspecified atom stereocenters. The minimum absolute atomic E-state index is 0.120. The van der Waals surface area contributed by atoms with Crippen molar-refractivity contribution in [3.05, 3.63) is 82.4 Å². The molecule has 1 aliphatic carbocycles. The number of alkyl halides is 3. The summed E-state index contributed by atoms with van der Waals surface area (Å²) in [5, 5.41) is 0. The first-order valence-corrected chi connectivity index (χ1v) is 14.1. The van der Waals surface area contributed by atoms with Gasteiger partial charge in [-0.1, -0.05) is 12.1 Å². The molecule has 5 rings (SSSR count). The van der Waals surface area contributed by atoms with Crippen molar-refractivity contribution in [3.63, 3.8) is 0 Å². The molecule has 0 fully saturated rings. The Kier molecular flexibility index (Phi) is 8.25. The number of benzene rings is 3. The molecule has 1 aliphatic heterocycles. The number of hydrogen-bond donors (Lipinski definition) is 0. The highest BCUT2D eigenvalue weighted by atomic mass is 32.2. The summed E-state index contributed by atoms with van der Waals surface area (Å²) in [6, 6.07) is 14.9. The molecule has 6 nitrogen and oxygen atoms in total. The molecule has 0 radical (unpaired) electrons. The van der Waals surface area contributed by atoms with Gasteiger partial charge in [0.05, 0.1) is 13.2 Å². The summed E-state index contributed by atoms with van der Waals surface area (Å²) in [6.45, 7) is 2.29. The van der Waals surface area contributed by atoms with Gasteiger partial charge in [-0.05, 0) is 97.3 Å². The number of esters is 1. The Morgan fingerprint density at radius 3 is 2.45 bits per heavy atom. The monoisotopic (exact) mass is 571 g/mol. The van der Waals surface area contributed by atoms with Crippen molar-refractivity contribution in [1.82, 2.24) is 0 Å². The molecule has 1 heterocycles. The van der Waals surface area contributed by atoms with Crippen LogP contribution in [0.25, 0.3) is 0 Å². The summed E-state index contributed by atoms with van der Waals surface area (Å²) in [5.41, 5.74) is 5.42. The maximum atomic E-state index is 13.2. The molecule has 10 heteroatoms. The van der Waals surface area contributed by atoms with E-state index in [0.29, 0.717) is 30.2 Å². The van der Waals surface area contributed by atoms with E-state index in [0.717, 1.165) is 53.0 Å². The number of amides is 1. The van der Waals surface area contributed by atoms with Gasteiger partial charge in [0.1, 0.15) is 11.5 Å². The first-order valence-electron chi connectivity index (χ1n) is 13.1. The van der Waals surface area contributed by atoms with Crippen molar-refractivity contribution in [2.75, 3.05) is 18.1 Å². The second kappa shape index (κ2) is 11.8. The lowest BCUT2D eigenvalue weighted by Crippen LogP contribution is -2.23. The highest BCUT2D eigenvalue weighted by Gasteiger charge is 2.32. The second-order valence-electron chi connectivity index (χ2n) is 9.48. The second-order valence-corrected chi connectivity index (χ2v) is 10.5. The molecule has 2 aliphatic rings. The number of thioether (sulfide) groups is 1. The van der Waals surface area contributed by atoms with Gasteiger partial charge >= 0.3 is 12.3 Å². The molecule has 0 spiro atoms. The van der Waals surface area contributed by atoms with E-state index in [9.17, 15) is 22.8 Å². The van der Waals surface area contributed by atoms with Crippen LogP contribution in [-0.4, -0.2) is 31.5 Å². The topological polar surface area (TPSA) is 65.1 Å². The van der Waals surface area contributed by atoms with Gasteiger partial charge in [-0.2, -0.15) is 0 Å². The minimum atomic E-state index is -4.77. The van der Waals surface area contributed by atoms with E-state index in [1.165, 1.54) is 29.8 Å². The highest BCUT2D eigenvalue weighted by molar-refractivity contribution is 7.98. The van der Waals surface area contributed by atoms with Gasteiger partial charge in [0.15, 0.2) is 6.61 Å². The summed E-state index contributed by atoms with van der Waals surface area (Å²) in [4.78, 5) is 27.7. The van der Waals surface area contributed by atoms with E-state index in [4.69, 9.17) is 9.47 Å². The van der Waals surface area contributed by atoms with Crippen LogP contribution >= 0.6 is 11.8 Å². The number of anilines is 1. The Labute approximate surface area is 234 Å². The Bertz CT molecular complexity index is 1410. The van der Waals surface area contributed by atoms with Crippen LogP contribution in [0, 0.1) is 0 Å². The average molecular weight is 572 g/mol.